The summed E-state index contributed by atoms with van der Waals surface area (Å²) in [4.78, 5) is 27.5. The smallest absolute Gasteiger partial charge is 0.335 e. The fourth-order valence-electron chi connectivity index (χ4n) is 4.57. The maximum atomic E-state index is 13.0. The number of H-pyrrole nitrogens is 1. The summed E-state index contributed by atoms with van der Waals surface area (Å²) in [6.45, 7) is -0.591. The van der Waals surface area contributed by atoms with Crippen molar-refractivity contribution in [1.82, 2.24) is 4.98 Å². The molecule has 1 saturated heterocycles. The number of ether oxygens (including phenoxy) is 4. The van der Waals surface area contributed by atoms with Gasteiger partial charge in [-0.25, -0.2) is 4.79 Å². The van der Waals surface area contributed by atoms with Gasteiger partial charge in [-0.2, -0.15) is 0 Å². The highest BCUT2D eigenvalue weighted by Gasteiger charge is 2.48. The Hall–Kier alpha value is -4.80. The number of hydrogen-bond acceptors (Lipinski definition) is 13. The number of fused-ring (bicyclic) bond motifs is 1. The number of nitrogens with two attached hydrogens (primary N) is 1. The first-order valence-electron chi connectivity index (χ1n) is 12.9. The Bertz CT molecular complexity index is 1670. The van der Waals surface area contributed by atoms with Gasteiger partial charge in [-0.15, -0.1) is 0 Å². The molecule has 9 N–H and O–H groups in total. The van der Waals surface area contributed by atoms with Crippen LogP contribution in [-0.2, 0) is 16.0 Å². The maximum absolute atomic E-state index is 13.0. The number of nitrogen functional groups attached to an aromatic ring is 1. The topological polar surface area (TPSA) is 247 Å². The zero-order chi connectivity index (χ0) is 30.8. The van der Waals surface area contributed by atoms with Crippen LogP contribution < -0.4 is 25.4 Å². The van der Waals surface area contributed by atoms with Gasteiger partial charge >= 0.3 is 5.97 Å². The summed E-state index contributed by atoms with van der Waals surface area (Å²) in [7, 11) is 0. The molecular formula is C28H28N2O13. The second-order valence-electron chi connectivity index (χ2n) is 9.59. The molecule has 2 aromatic carbocycles. The third-order valence-electron chi connectivity index (χ3n) is 6.73. The Kier molecular flexibility index (Phi) is 8.43. The normalized spacial score (nSPS) is 21.9. The lowest BCUT2D eigenvalue weighted by Crippen LogP contribution is -2.61. The van der Waals surface area contributed by atoms with Crippen LogP contribution in [0, 0.1) is 0 Å². The number of aromatic hydroxyl groups is 1. The van der Waals surface area contributed by atoms with E-state index < -0.39 is 66.1 Å². The first-order chi connectivity index (χ1) is 20.6. The molecule has 0 amide bonds. The van der Waals surface area contributed by atoms with E-state index in [1.54, 1.807) is 30.3 Å². The van der Waals surface area contributed by atoms with Gasteiger partial charge in [0, 0.05) is 29.8 Å². The minimum atomic E-state index is -1.97. The Morgan fingerprint density at radius 1 is 1.00 bits per heavy atom. The van der Waals surface area contributed by atoms with Crippen molar-refractivity contribution in [3.8, 4) is 34.3 Å². The van der Waals surface area contributed by atoms with Gasteiger partial charge in [-0.05, 0) is 36.4 Å². The molecule has 1 aliphatic rings. The average Bonchev–Trinajstić information content (AvgIpc) is 3.39. The number of nitrogens with one attached hydrogen (secondary N) is 1. The van der Waals surface area contributed by atoms with Crippen LogP contribution in [0.4, 0.5) is 5.82 Å². The van der Waals surface area contributed by atoms with Crippen molar-refractivity contribution in [1.29, 1.82) is 0 Å². The second-order valence-corrected chi connectivity index (χ2v) is 9.59. The number of anilines is 1. The summed E-state index contributed by atoms with van der Waals surface area (Å²) in [6.07, 6.45) is -9.13. The van der Waals surface area contributed by atoms with Gasteiger partial charge in [-0.3, -0.25) is 4.79 Å². The average molecular weight is 601 g/mol. The Balaban J connectivity index is 1.43. The Labute approximate surface area is 241 Å². The maximum Gasteiger partial charge on any atom is 0.335 e. The number of carboxylic acids is 1. The van der Waals surface area contributed by atoms with Gasteiger partial charge in [0.05, 0.1) is 6.61 Å². The third-order valence-corrected chi connectivity index (χ3v) is 6.73. The predicted molar refractivity (Wildman–Crippen MR) is 147 cm³/mol. The molecule has 0 radical (unpaired) electrons. The number of phenolic OH excluding ortho intramolecular Hbond substituents is 1. The minimum Gasteiger partial charge on any atom is -0.504 e. The van der Waals surface area contributed by atoms with E-state index in [0.29, 0.717) is 30.2 Å². The molecule has 2 aromatic heterocycles. The lowest BCUT2D eigenvalue weighted by atomic mass is 9.99. The molecule has 0 aliphatic carbocycles. The summed E-state index contributed by atoms with van der Waals surface area (Å²) < 4.78 is 27.3. The predicted octanol–water partition coefficient (Wildman–Crippen LogP) is 0.297. The second kappa shape index (κ2) is 12.2. The molecule has 5 rings (SSSR count). The monoisotopic (exact) mass is 600 g/mol. The van der Waals surface area contributed by atoms with Crippen LogP contribution in [0.2, 0.25) is 0 Å². The van der Waals surface area contributed by atoms with Gasteiger partial charge in [0.1, 0.15) is 46.6 Å². The molecule has 5 atom stereocenters. The van der Waals surface area contributed by atoms with Crippen molar-refractivity contribution in [3.63, 3.8) is 0 Å². The zero-order valence-electron chi connectivity index (χ0n) is 22.2. The molecule has 1 fully saturated rings. The number of aromatic amines is 1. The van der Waals surface area contributed by atoms with E-state index >= 15 is 0 Å². The first-order valence-corrected chi connectivity index (χ1v) is 12.9. The Morgan fingerprint density at radius 2 is 1.74 bits per heavy atom. The molecule has 0 unspecified atom stereocenters. The molecule has 15 heteroatoms. The molecule has 0 spiro atoms. The quantitative estimate of drug-likeness (QED) is 0.114. The van der Waals surface area contributed by atoms with Crippen molar-refractivity contribution in [3.05, 3.63) is 64.4 Å². The van der Waals surface area contributed by atoms with Crippen LogP contribution in [0.25, 0.3) is 22.3 Å². The number of rotatable bonds is 10. The molecule has 3 heterocycles. The molecule has 15 nitrogen and oxygen atoms in total. The van der Waals surface area contributed by atoms with Crippen molar-refractivity contribution in [2.75, 3.05) is 19.1 Å². The molecule has 43 heavy (non-hydrogen) atoms. The highest BCUT2D eigenvalue weighted by Crippen LogP contribution is 2.43. The van der Waals surface area contributed by atoms with Crippen molar-refractivity contribution >= 4 is 22.8 Å². The summed E-state index contributed by atoms with van der Waals surface area (Å²) in [5, 5.41) is 59.6. The summed E-state index contributed by atoms with van der Waals surface area (Å²) in [5.41, 5.74) is 6.20. The van der Waals surface area contributed by atoms with Crippen LogP contribution >= 0.6 is 0 Å². The number of aromatic nitrogens is 1. The van der Waals surface area contributed by atoms with Gasteiger partial charge in [0.15, 0.2) is 29.8 Å². The van der Waals surface area contributed by atoms with Crippen LogP contribution in [-0.4, -0.2) is 85.7 Å². The number of hydrogen-bond donors (Lipinski definition) is 8. The lowest BCUT2D eigenvalue weighted by molar-refractivity contribution is -0.271. The largest absolute Gasteiger partial charge is 0.504 e. The minimum absolute atomic E-state index is 0.102. The lowest BCUT2D eigenvalue weighted by Gasteiger charge is -2.38. The number of phenols is 1. The van der Waals surface area contributed by atoms with Gasteiger partial charge in [0.25, 0.3) is 0 Å². The zero-order valence-corrected chi connectivity index (χ0v) is 22.2. The Morgan fingerprint density at radius 3 is 2.40 bits per heavy atom. The summed E-state index contributed by atoms with van der Waals surface area (Å²) in [6, 6.07) is 12.5. The van der Waals surface area contributed by atoms with Crippen molar-refractivity contribution in [2.24, 2.45) is 0 Å². The van der Waals surface area contributed by atoms with E-state index in [2.05, 4.69) is 4.98 Å². The molecule has 4 aromatic rings. The molecule has 228 valence electrons. The van der Waals surface area contributed by atoms with Crippen LogP contribution in [0.1, 0.15) is 5.69 Å². The molecular weight excluding hydrogens is 572 g/mol. The van der Waals surface area contributed by atoms with Crippen molar-refractivity contribution in [2.45, 2.75) is 37.1 Å². The highest BCUT2D eigenvalue weighted by atomic mass is 16.7. The fraction of sp³-hybridized carbons (Fsp3) is 0.286. The van der Waals surface area contributed by atoms with E-state index in [4.69, 9.17) is 29.1 Å². The van der Waals surface area contributed by atoms with E-state index in [0.717, 1.165) is 17.8 Å². The summed E-state index contributed by atoms with van der Waals surface area (Å²) >= 11 is 0. The number of aliphatic carboxylic acids is 1. The van der Waals surface area contributed by atoms with Crippen LogP contribution in [0.3, 0.4) is 0 Å². The van der Waals surface area contributed by atoms with Gasteiger partial charge in [0.2, 0.25) is 12.0 Å². The standard InChI is InChI=1S/C28H28N2O13/c29-19-6-3-13(30-19)7-8-39-14-4-1-12(2-5-14)16-9-15(32)20-17(41-16)10-18(25(21(20)33)40-11-31)42-28-24(36)22(34)23(35)26(43-28)27(37)38/h1-6,9-10,22-24,26,28,30-31,33-36H,7-8,11,29H2,(H,37,38)/t22-,23+,24-,26+,28-/m1/s1. The SMILES string of the molecule is Nc1ccc(CCOc2ccc(-c3cc(=O)c4c(O)c(OCO)c(O[C@@H]5O[C@H](C(=O)O)[C@@H](O)[C@@H](O)[C@H]5O)cc4o3)cc2)[nH]1. The third kappa shape index (κ3) is 6.06. The van der Waals surface area contributed by atoms with E-state index in [-0.39, 0.29) is 16.7 Å². The molecule has 0 bridgehead atoms. The van der Waals surface area contributed by atoms with Gasteiger partial charge < -0.3 is 64.7 Å². The molecule has 0 saturated carbocycles. The number of aliphatic hydroxyl groups excluding tert-OH is 4. The highest BCUT2D eigenvalue weighted by molar-refractivity contribution is 5.89. The number of benzene rings is 2. The first kappa shape index (κ1) is 29.7. The van der Waals surface area contributed by atoms with E-state index in [9.17, 15) is 40.2 Å². The summed E-state index contributed by atoms with van der Waals surface area (Å²) in [5.74, 6) is -2.20. The van der Waals surface area contributed by atoms with E-state index in [1.165, 1.54) is 0 Å². The van der Waals surface area contributed by atoms with E-state index in [1.807, 2.05) is 6.07 Å². The number of carboxylic acid groups (broad SMARTS) is 1. The number of carbonyl (C=O) groups is 1. The van der Waals surface area contributed by atoms with Crippen LogP contribution in [0.5, 0.6) is 23.0 Å². The van der Waals surface area contributed by atoms with Gasteiger partial charge in [-0.1, -0.05) is 0 Å². The molecule has 1 aliphatic heterocycles. The fourth-order valence-corrected chi connectivity index (χ4v) is 4.57. The number of aliphatic hydroxyl groups is 4. The van der Waals surface area contributed by atoms with Crippen LogP contribution in [0.15, 0.2) is 57.7 Å². The van der Waals surface area contributed by atoms with Crippen molar-refractivity contribution < 1.29 is 58.8 Å².